The van der Waals surface area contributed by atoms with E-state index in [0.29, 0.717) is 33.2 Å². The van der Waals surface area contributed by atoms with Gasteiger partial charge >= 0.3 is 0 Å². The minimum absolute atomic E-state index is 0.115. The fourth-order valence-electron chi connectivity index (χ4n) is 3.76. The van der Waals surface area contributed by atoms with E-state index < -0.39 is 0 Å². The van der Waals surface area contributed by atoms with E-state index in [9.17, 15) is 4.79 Å². The summed E-state index contributed by atoms with van der Waals surface area (Å²) in [6.45, 7) is 3.73. The predicted molar refractivity (Wildman–Crippen MR) is 109 cm³/mol. The summed E-state index contributed by atoms with van der Waals surface area (Å²) in [5.41, 5.74) is 3.18. The molecule has 10 heteroatoms. The average molecular weight is 428 g/mol. The number of aromatic nitrogens is 6. The number of hydrogen-bond acceptors (Lipinski definition) is 5. The summed E-state index contributed by atoms with van der Waals surface area (Å²) in [5.74, 6) is 1.46. The minimum atomic E-state index is -0.224. The fraction of sp³-hybridized carbons (Fsp3) is 0.211. The van der Waals surface area contributed by atoms with Crippen LogP contribution in [0.1, 0.15) is 35.0 Å². The first-order valence-electron chi connectivity index (χ1n) is 8.96. The molecule has 0 radical (unpaired) electrons. The molecule has 0 bridgehead atoms. The summed E-state index contributed by atoms with van der Waals surface area (Å²) in [5, 5.41) is 21.3. The summed E-state index contributed by atoms with van der Waals surface area (Å²) in [6.07, 6.45) is 0.276. The van der Waals surface area contributed by atoms with E-state index in [1.165, 1.54) is 0 Å². The van der Waals surface area contributed by atoms with E-state index in [1.54, 1.807) is 27.4 Å². The number of rotatable bonds is 2. The number of carbonyl (C=O) groups excluding carboxylic acids is 1. The van der Waals surface area contributed by atoms with Crippen LogP contribution in [0.4, 0.5) is 5.82 Å². The predicted octanol–water partition coefficient (Wildman–Crippen LogP) is 3.71. The number of carbonyl (C=O) groups is 1. The van der Waals surface area contributed by atoms with Crippen molar-refractivity contribution in [2.24, 2.45) is 0 Å². The zero-order valence-electron chi connectivity index (χ0n) is 15.5. The summed E-state index contributed by atoms with van der Waals surface area (Å²) >= 11 is 12.5. The first kappa shape index (κ1) is 18.1. The number of nitrogens with zero attached hydrogens (tertiary/aromatic N) is 6. The topological polar surface area (TPSA) is 90.0 Å². The van der Waals surface area contributed by atoms with Gasteiger partial charge in [0.05, 0.1) is 5.69 Å². The largest absolute Gasteiger partial charge is 0.310 e. The van der Waals surface area contributed by atoms with Gasteiger partial charge in [-0.2, -0.15) is 14.3 Å². The van der Waals surface area contributed by atoms with Crippen LogP contribution in [0.3, 0.4) is 0 Å². The van der Waals surface area contributed by atoms with Gasteiger partial charge in [0, 0.05) is 27.9 Å². The zero-order chi connectivity index (χ0) is 20.3. The summed E-state index contributed by atoms with van der Waals surface area (Å²) in [6, 6.07) is 8.93. The van der Waals surface area contributed by atoms with Crippen LogP contribution in [-0.4, -0.2) is 35.5 Å². The summed E-state index contributed by atoms with van der Waals surface area (Å²) in [4.78, 5) is 12.5. The molecule has 8 nitrogen and oxygen atoms in total. The second-order valence-corrected chi connectivity index (χ2v) is 7.78. The minimum Gasteiger partial charge on any atom is -0.310 e. The van der Waals surface area contributed by atoms with Crippen LogP contribution in [0, 0.1) is 13.8 Å². The quantitative estimate of drug-likeness (QED) is 0.526. The molecule has 0 fully saturated rings. The lowest BCUT2D eigenvalue weighted by atomic mass is 9.86. The number of aryl methyl sites for hydroxylation is 2. The maximum absolute atomic E-state index is 12.5. The second kappa shape index (κ2) is 6.53. The Hall–Kier alpha value is -2.97. The monoisotopic (exact) mass is 427 g/mol. The van der Waals surface area contributed by atoms with Crippen molar-refractivity contribution in [1.29, 1.82) is 0 Å². The number of halogens is 2. The first-order valence-corrected chi connectivity index (χ1v) is 9.71. The van der Waals surface area contributed by atoms with Crippen molar-refractivity contribution in [1.82, 2.24) is 29.6 Å². The van der Waals surface area contributed by atoms with E-state index in [0.717, 1.165) is 16.8 Å². The number of fused-ring (bicyclic) bond motifs is 2. The van der Waals surface area contributed by atoms with Gasteiger partial charge in [0.2, 0.25) is 5.91 Å². The number of nitrogens with one attached hydrogen (secondary N) is 1. The Morgan fingerprint density at radius 2 is 1.93 bits per heavy atom. The average Bonchev–Trinajstić information content (AvgIpc) is 3.21. The normalized spacial score (nSPS) is 16.1. The molecule has 0 saturated carbocycles. The molecule has 3 aromatic heterocycles. The van der Waals surface area contributed by atoms with Gasteiger partial charge in [0.1, 0.15) is 5.82 Å². The van der Waals surface area contributed by atoms with Crippen LogP contribution in [-0.2, 0) is 4.79 Å². The molecule has 4 aromatic rings. The Kier molecular flexibility index (Phi) is 4.07. The molecule has 1 N–H and O–H groups in total. The highest BCUT2D eigenvalue weighted by atomic mass is 35.5. The summed E-state index contributed by atoms with van der Waals surface area (Å²) in [7, 11) is 0. The van der Waals surface area contributed by atoms with Crippen molar-refractivity contribution in [2.75, 3.05) is 5.32 Å². The van der Waals surface area contributed by atoms with Crippen LogP contribution >= 0.6 is 23.2 Å². The van der Waals surface area contributed by atoms with Gasteiger partial charge in [-0.05, 0) is 43.7 Å². The number of benzene rings is 1. The van der Waals surface area contributed by atoms with Gasteiger partial charge in [-0.3, -0.25) is 4.79 Å². The third-order valence-corrected chi connectivity index (χ3v) is 5.62. The molecular weight excluding hydrogens is 413 g/mol. The second-order valence-electron chi connectivity index (χ2n) is 6.94. The molecule has 5 rings (SSSR count). The third kappa shape index (κ3) is 2.87. The lowest BCUT2D eigenvalue weighted by Gasteiger charge is -2.25. The molecule has 4 heterocycles. The van der Waals surface area contributed by atoms with Crippen LogP contribution in [0.2, 0.25) is 10.0 Å². The van der Waals surface area contributed by atoms with Crippen LogP contribution in [0.15, 0.2) is 30.3 Å². The molecule has 146 valence electrons. The molecule has 1 aromatic carbocycles. The van der Waals surface area contributed by atoms with Crippen LogP contribution in [0.25, 0.3) is 11.5 Å². The van der Waals surface area contributed by atoms with Crippen molar-refractivity contribution >= 4 is 40.6 Å². The van der Waals surface area contributed by atoms with E-state index >= 15 is 0 Å². The van der Waals surface area contributed by atoms with Crippen molar-refractivity contribution in [2.45, 2.75) is 26.2 Å². The Morgan fingerprint density at radius 3 is 2.72 bits per heavy atom. The Morgan fingerprint density at radius 1 is 1.10 bits per heavy atom. The van der Waals surface area contributed by atoms with Crippen molar-refractivity contribution in [3.8, 4) is 5.82 Å². The van der Waals surface area contributed by atoms with Crippen molar-refractivity contribution in [3.63, 3.8) is 0 Å². The van der Waals surface area contributed by atoms with Gasteiger partial charge in [-0.15, -0.1) is 15.3 Å². The highest BCUT2D eigenvalue weighted by Crippen LogP contribution is 2.42. The molecule has 0 saturated heterocycles. The van der Waals surface area contributed by atoms with E-state index in [-0.39, 0.29) is 18.2 Å². The smallest absolute Gasteiger partial charge is 0.226 e. The maximum Gasteiger partial charge on any atom is 0.226 e. The number of hydrogen-bond donors (Lipinski definition) is 1. The molecular formula is C19H15Cl2N7O. The molecule has 1 atom stereocenters. The van der Waals surface area contributed by atoms with E-state index in [4.69, 9.17) is 23.2 Å². The molecule has 29 heavy (non-hydrogen) atoms. The molecule has 0 spiro atoms. The molecule has 0 unspecified atom stereocenters. The highest BCUT2D eigenvalue weighted by molar-refractivity contribution is 6.35. The lowest BCUT2D eigenvalue weighted by molar-refractivity contribution is -0.116. The van der Waals surface area contributed by atoms with Crippen LogP contribution < -0.4 is 5.32 Å². The highest BCUT2D eigenvalue weighted by Gasteiger charge is 2.34. The van der Waals surface area contributed by atoms with Crippen molar-refractivity contribution in [3.05, 3.63) is 63.0 Å². The molecule has 1 amide bonds. The Balaban J connectivity index is 1.69. The lowest BCUT2D eigenvalue weighted by Crippen LogP contribution is -2.25. The SMILES string of the molecule is Cc1nn(-c2ccc3nnc(C)n3n2)c2c1[C@H](c1ccc(Cl)cc1Cl)CC(=O)N2. The van der Waals surface area contributed by atoms with Crippen molar-refractivity contribution < 1.29 is 4.79 Å². The maximum atomic E-state index is 12.5. The van der Waals surface area contributed by atoms with Gasteiger partial charge in [0.25, 0.3) is 0 Å². The molecule has 0 aliphatic carbocycles. The number of anilines is 1. The van der Waals surface area contributed by atoms with Crippen LogP contribution in [0.5, 0.6) is 0 Å². The Bertz CT molecular complexity index is 1290. The molecule has 1 aliphatic heterocycles. The van der Waals surface area contributed by atoms with Gasteiger partial charge in [0.15, 0.2) is 17.3 Å². The van der Waals surface area contributed by atoms with Gasteiger partial charge < -0.3 is 5.32 Å². The van der Waals surface area contributed by atoms with Gasteiger partial charge in [-0.25, -0.2) is 0 Å². The first-order chi connectivity index (χ1) is 13.9. The Labute approximate surface area is 175 Å². The zero-order valence-corrected chi connectivity index (χ0v) is 17.0. The summed E-state index contributed by atoms with van der Waals surface area (Å²) < 4.78 is 3.27. The third-order valence-electron chi connectivity index (χ3n) is 5.06. The molecule has 1 aliphatic rings. The number of amides is 1. The standard InChI is InChI=1S/C19H15Cl2N7O/c1-9-18-13(12-4-3-11(20)7-14(12)21)8-17(29)22-19(18)28(25-9)16-6-5-15-24-23-10(2)27(15)26-16/h3-7,13H,8H2,1-2H3,(H,22,29)/t13-/m0/s1. The van der Waals surface area contributed by atoms with Gasteiger partial charge in [-0.1, -0.05) is 29.3 Å². The van der Waals surface area contributed by atoms with E-state index in [2.05, 4.69) is 25.7 Å². The fourth-order valence-corrected chi connectivity index (χ4v) is 4.30. The van der Waals surface area contributed by atoms with E-state index in [1.807, 2.05) is 26.0 Å².